The van der Waals surface area contributed by atoms with Crippen molar-refractivity contribution in [3.63, 3.8) is 0 Å². The number of phenols is 1. The lowest BCUT2D eigenvalue weighted by Crippen LogP contribution is -2.52. The molecule has 0 radical (unpaired) electrons. The average Bonchev–Trinajstić information content (AvgIpc) is 2.36. The van der Waals surface area contributed by atoms with Gasteiger partial charge in [0, 0.05) is 18.6 Å². The van der Waals surface area contributed by atoms with Gasteiger partial charge in [-0.1, -0.05) is 6.07 Å². The summed E-state index contributed by atoms with van der Waals surface area (Å²) in [5.41, 5.74) is 1.19. The van der Waals surface area contributed by atoms with Gasteiger partial charge in [-0.25, -0.2) is 0 Å². The van der Waals surface area contributed by atoms with E-state index in [0.29, 0.717) is 12.4 Å². The van der Waals surface area contributed by atoms with Crippen molar-refractivity contribution in [3.8, 4) is 11.5 Å². The van der Waals surface area contributed by atoms with Gasteiger partial charge in [0.25, 0.3) is 0 Å². The third-order valence-electron chi connectivity index (χ3n) is 3.51. The zero-order valence-electron chi connectivity index (χ0n) is 12.0. The fraction of sp³-hybridized carbons (Fsp3) is 0.600. The van der Waals surface area contributed by atoms with Gasteiger partial charge in [0.1, 0.15) is 0 Å². The van der Waals surface area contributed by atoms with Crippen molar-refractivity contribution in [2.75, 3.05) is 26.4 Å². The highest BCUT2D eigenvalue weighted by atomic mass is 16.5. The molecule has 0 aromatic heterocycles. The third kappa shape index (κ3) is 3.39. The minimum atomic E-state index is 0.0436. The maximum atomic E-state index is 9.72. The van der Waals surface area contributed by atoms with Crippen LogP contribution in [0.4, 0.5) is 0 Å². The van der Waals surface area contributed by atoms with Gasteiger partial charge in [0.2, 0.25) is 0 Å². The number of aromatic hydroxyl groups is 1. The average molecular weight is 265 g/mol. The number of hydrogen-bond acceptors (Lipinski definition) is 4. The highest BCUT2D eigenvalue weighted by Crippen LogP contribution is 2.29. The van der Waals surface area contributed by atoms with Crippen molar-refractivity contribution >= 4 is 0 Å². The van der Waals surface area contributed by atoms with Gasteiger partial charge in [0.05, 0.1) is 19.8 Å². The highest BCUT2D eigenvalue weighted by molar-refractivity contribution is 5.41. The van der Waals surface area contributed by atoms with Crippen LogP contribution in [0, 0.1) is 0 Å². The monoisotopic (exact) mass is 265 g/mol. The van der Waals surface area contributed by atoms with Crippen molar-refractivity contribution in [3.05, 3.63) is 23.8 Å². The van der Waals surface area contributed by atoms with Crippen LogP contribution in [0.15, 0.2) is 18.2 Å². The Balaban J connectivity index is 2.12. The Morgan fingerprint density at radius 2 is 2.21 bits per heavy atom. The van der Waals surface area contributed by atoms with E-state index in [9.17, 15) is 5.11 Å². The van der Waals surface area contributed by atoms with Crippen LogP contribution in [0.1, 0.15) is 26.3 Å². The molecule has 2 rings (SSSR count). The van der Waals surface area contributed by atoms with E-state index in [4.69, 9.17) is 9.47 Å². The molecule has 1 aromatic carbocycles. The SMILES string of the molecule is CCOc1cc(CN2CCOCC2(C)C)ccc1O. The lowest BCUT2D eigenvalue weighted by Gasteiger charge is -2.42. The second kappa shape index (κ2) is 5.80. The molecule has 19 heavy (non-hydrogen) atoms. The predicted molar refractivity (Wildman–Crippen MR) is 74.6 cm³/mol. The zero-order chi connectivity index (χ0) is 13.9. The zero-order valence-corrected chi connectivity index (χ0v) is 12.0. The van der Waals surface area contributed by atoms with Crippen LogP contribution in [0.3, 0.4) is 0 Å². The first-order chi connectivity index (χ1) is 9.03. The molecule has 1 saturated heterocycles. The summed E-state index contributed by atoms with van der Waals surface area (Å²) < 4.78 is 11.0. The van der Waals surface area contributed by atoms with Gasteiger partial charge in [0.15, 0.2) is 11.5 Å². The summed E-state index contributed by atoms with van der Waals surface area (Å²) in [6.07, 6.45) is 0. The van der Waals surface area contributed by atoms with Gasteiger partial charge < -0.3 is 14.6 Å². The first kappa shape index (κ1) is 14.2. The fourth-order valence-electron chi connectivity index (χ4n) is 2.33. The Hall–Kier alpha value is -1.26. The standard InChI is InChI=1S/C15H23NO3/c1-4-19-14-9-12(5-6-13(14)17)10-16-7-8-18-11-15(16,2)3/h5-6,9,17H,4,7-8,10-11H2,1-3H3. The Morgan fingerprint density at radius 1 is 1.42 bits per heavy atom. The van der Waals surface area contributed by atoms with E-state index in [1.54, 1.807) is 6.07 Å². The molecule has 106 valence electrons. The number of hydrogen-bond donors (Lipinski definition) is 1. The largest absolute Gasteiger partial charge is 0.504 e. The van der Waals surface area contributed by atoms with Crippen LogP contribution in [-0.2, 0) is 11.3 Å². The lowest BCUT2D eigenvalue weighted by atomic mass is 10.0. The minimum absolute atomic E-state index is 0.0436. The molecule has 0 atom stereocenters. The van der Waals surface area contributed by atoms with E-state index >= 15 is 0 Å². The van der Waals surface area contributed by atoms with E-state index in [-0.39, 0.29) is 11.3 Å². The summed E-state index contributed by atoms with van der Waals surface area (Å²) in [5, 5.41) is 9.72. The van der Waals surface area contributed by atoms with Gasteiger partial charge in [-0.2, -0.15) is 0 Å². The van der Waals surface area contributed by atoms with Crippen molar-refractivity contribution in [1.82, 2.24) is 4.90 Å². The van der Waals surface area contributed by atoms with Gasteiger partial charge >= 0.3 is 0 Å². The molecule has 1 aromatic rings. The van der Waals surface area contributed by atoms with Crippen LogP contribution >= 0.6 is 0 Å². The van der Waals surface area contributed by atoms with Crippen molar-refractivity contribution in [1.29, 1.82) is 0 Å². The van der Waals surface area contributed by atoms with Crippen LogP contribution < -0.4 is 4.74 Å². The maximum absolute atomic E-state index is 9.72. The molecule has 0 amide bonds. The topological polar surface area (TPSA) is 41.9 Å². The number of nitrogens with zero attached hydrogens (tertiary/aromatic N) is 1. The first-order valence-corrected chi connectivity index (χ1v) is 6.80. The summed E-state index contributed by atoms with van der Waals surface area (Å²) in [6, 6.07) is 5.57. The molecule has 1 heterocycles. The van der Waals surface area contributed by atoms with Gasteiger partial charge in [-0.05, 0) is 38.5 Å². The second-order valence-electron chi connectivity index (χ2n) is 5.52. The molecule has 1 aliphatic heterocycles. The Morgan fingerprint density at radius 3 is 2.89 bits per heavy atom. The number of phenolic OH excluding ortho intramolecular Hbond substituents is 1. The first-order valence-electron chi connectivity index (χ1n) is 6.80. The molecule has 1 aliphatic rings. The number of morpholine rings is 1. The molecular formula is C15H23NO3. The number of ether oxygens (including phenoxy) is 2. The number of benzene rings is 1. The molecule has 0 unspecified atom stereocenters. The summed E-state index contributed by atoms with van der Waals surface area (Å²) in [5.74, 6) is 0.762. The second-order valence-corrected chi connectivity index (χ2v) is 5.52. The Bertz CT molecular complexity index is 431. The molecule has 4 nitrogen and oxygen atoms in total. The lowest BCUT2D eigenvalue weighted by molar-refractivity contribution is -0.0553. The molecule has 1 fully saturated rings. The number of rotatable bonds is 4. The molecule has 1 N–H and O–H groups in total. The summed E-state index contributed by atoms with van der Waals surface area (Å²) in [4.78, 5) is 2.40. The van der Waals surface area contributed by atoms with Crippen LogP contribution in [-0.4, -0.2) is 41.9 Å². The normalized spacial score (nSPS) is 19.3. The van der Waals surface area contributed by atoms with Crippen molar-refractivity contribution in [2.45, 2.75) is 32.9 Å². The van der Waals surface area contributed by atoms with Crippen molar-refractivity contribution in [2.24, 2.45) is 0 Å². The minimum Gasteiger partial charge on any atom is -0.504 e. The van der Waals surface area contributed by atoms with Gasteiger partial charge in [-0.15, -0.1) is 0 Å². The van der Waals surface area contributed by atoms with E-state index in [2.05, 4.69) is 18.7 Å². The fourth-order valence-corrected chi connectivity index (χ4v) is 2.33. The third-order valence-corrected chi connectivity index (χ3v) is 3.51. The maximum Gasteiger partial charge on any atom is 0.161 e. The van der Waals surface area contributed by atoms with E-state index < -0.39 is 0 Å². The highest BCUT2D eigenvalue weighted by Gasteiger charge is 2.30. The van der Waals surface area contributed by atoms with Crippen LogP contribution in [0.2, 0.25) is 0 Å². The predicted octanol–water partition coefficient (Wildman–Crippen LogP) is 2.40. The van der Waals surface area contributed by atoms with E-state index in [1.165, 1.54) is 0 Å². The molecule has 4 heteroatoms. The van der Waals surface area contributed by atoms with E-state index in [0.717, 1.165) is 31.9 Å². The van der Waals surface area contributed by atoms with Crippen molar-refractivity contribution < 1.29 is 14.6 Å². The van der Waals surface area contributed by atoms with E-state index in [1.807, 2.05) is 19.1 Å². The summed E-state index contributed by atoms with van der Waals surface area (Å²) >= 11 is 0. The van der Waals surface area contributed by atoms with Crippen LogP contribution in [0.5, 0.6) is 11.5 Å². The quantitative estimate of drug-likeness (QED) is 0.907. The molecule has 0 saturated carbocycles. The molecule has 0 aliphatic carbocycles. The Kier molecular flexibility index (Phi) is 4.32. The Labute approximate surface area is 114 Å². The van der Waals surface area contributed by atoms with Gasteiger partial charge in [-0.3, -0.25) is 4.90 Å². The molecular weight excluding hydrogens is 242 g/mol. The molecule has 0 bridgehead atoms. The summed E-state index contributed by atoms with van der Waals surface area (Å²) in [6.45, 7) is 10.2. The molecule has 0 spiro atoms. The van der Waals surface area contributed by atoms with Crippen LogP contribution in [0.25, 0.3) is 0 Å². The smallest absolute Gasteiger partial charge is 0.161 e. The summed E-state index contributed by atoms with van der Waals surface area (Å²) in [7, 11) is 0.